The number of likely N-dealkylation sites (tertiary alicyclic amines) is 1. The summed E-state index contributed by atoms with van der Waals surface area (Å²) in [5.41, 5.74) is 9.62. The van der Waals surface area contributed by atoms with Crippen molar-refractivity contribution in [3.05, 3.63) is 105 Å². The Labute approximate surface area is 292 Å². The Morgan fingerprint density at radius 2 is 1.78 bits per heavy atom. The van der Waals surface area contributed by atoms with Gasteiger partial charge in [0.1, 0.15) is 23.3 Å². The fraction of sp³-hybridized carbons (Fsp3) is 0.286. The number of carbonyl (C=O) groups excluding carboxylic acids is 1. The number of benzene rings is 3. The van der Waals surface area contributed by atoms with E-state index in [4.69, 9.17) is 27.9 Å². The quantitative estimate of drug-likeness (QED) is 0.151. The minimum atomic E-state index is -0.567. The van der Waals surface area contributed by atoms with E-state index >= 15 is 0 Å². The molecule has 6 rings (SSSR count). The number of nitrogens with one attached hydrogen (secondary N) is 4. The predicted octanol–water partition coefficient (Wildman–Crippen LogP) is 8.15. The van der Waals surface area contributed by atoms with E-state index in [9.17, 15) is 18.8 Å². The molecule has 1 amide bonds. The van der Waals surface area contributed by atoms with Crippen LogP contribution in [-0.4, -0.2) is 45.7 Å². The molecule has 4 aromatic rings. The molecule has 1 saturated heterocycles. The number of carbonyl (C=O) groups is 1. The molecule has 1 atom stereocenters. The van der Waals surface area contributed by atoms with Crippen LogP contribution in [0.2, 0.25) is 10.0 Å². The van der Waals surface area contributed by atoms with Crippen LogP contribution in [0.5, 0.6) is 0 Å². The fourth-order valence-electron chi connectivity index (χ4n) is 5.78. The van der Waals surface area contributed by atoms with Crippen molar-refractivity contribution in [1.29, 1.82) is 5.26 Å². The van der Waals surface area contributed by atoms with E-state index in [1.165, 1.54) is 36.5 Å². The van der Waals surface area contributed by atoms with Gasteiger partial charge in [-0.15, -0.1) is 5.53 Å². The van der Waals surface area contributed by atoms with Gasteiger partial charge in [0.15, 0.2) is 0 Å². The molecule has 254 valence electrons. The van der Waals surface area contributed by atoms with Crippen LogP contribution in [-0.2, 0) is 4.74 Å². The highest BCUT2D eigenvalue weighted by atomic mass is 35.5. The zero-order valence-electron chi connectivity index (χ0n) is 27.0. The number of aromatic nitrogens is 1. The lowest BCUT2D eigenvalue weighted by atomic mass is 10.0. The molecular formula is C35H34Cl2F2N8O2. The van der Waals surface area contributed by atoms with Crippen LogP contribution in [0.4, 0.5) is 30.6 Å². The van der Waals surface area contributed by atoms with E-state index in [2.05, 4.69) is 32.6 Å². The second-order valence-electron chi connectivity index (χ2n) is 12.8. The molecule has 10 nitrogen and oxygen atoms in total. The molecule has 49 heavy (non-hydrogen) atoms. The number of pyridine rings is 1. The number of piperidine rings is 1. The number of hydrogen-bond acceptors (Lipinski definition) is 9. The summed E-state index contributed by atoms with van der Waals surface area (Å²) in [6, 6.07) is 15.6. The molecule has 14 heteroatoms. The Kier molecular flexibility index (Phi) is 9.70. The Morgan fingerprint density at radius 3 is 2.45 bits per heavy atom. The highest BCUT2D eigenvalue weighted by Gasteiger charge is 2.32. The number of anilines is 3. The minimum absolute atomic E-state index is 0.0713. The summed E-state index contributed by atoms with van der Waals surface area (Å²) in [5, 5.41) is 19.4. The van der Waals surface area contributed by atoms with Crippen molar-refractivity contribution in [3.8, 4) is 6.07 Å². The largest absolute Gasteiger partial charge is 0.444 e. The van der Waals surface area contributed by atoms with Gasteiger partial charge < -0.3 is 25.7 Å². The third kappa shape index (κ3) is 7.75. The van der Waals surface area contributed by atoms with Gasteiger partial charge in [-0.3, -0.25) is 9.99 Å². The normalized spacial score (nSPS) is 15.8. The second kappa shape index (κ2) is 14.0. The van der Waals surface area contributed by atoms with Crippen molar-refractivity contribution in [2.45, 2.75) is 51.3 Å². The molecule has 0 radical (unpaired) electrons. The van der Waals surface area contributed by atoms with Gasteiger partial charge in [0.25, 0.3) is 0 Å². The number of hydrogen-bond donors (Lipinski definition) is 4. The maximum absolute atomic E-state index is 14.0. The highest BCUT2D eigenvalue weighted by Crippen LogP contribution is 2.37. The lowest BCUT2D eigenvalue weighted by Gasteiger charge is -2.36. The number of fused-ring (bicyclic) bond motifs is 1. The first kappa shape index (κ1) is 34.0. The molecule has 0 bridgehead atoms. The molecule has 0 unspecified atom stereocenters. The Balaban J connectivity index is 1.29. The molecule has 0 aliphatic carbocycles. The third-order valence-corrected chi connectivity index (χ3v) is 8.75. The molecule has 1 fully saturated rings. The standard InChI is InChI=1S/C35H34Cl2F2N8O2/c1-35(2,3)49-34(48)46-12-10-25(11-13-46)47-19-30(44-45-47)32(20-4-6-22(38)7-5-20)43-24-14-26-31(42-23-8-9-29(39)27(36)15-23)21(17-40)18-41-33(26)28(37)16-24/h4-9,14-16,18-19,25,32,43-45H,10-13H2,1-3H3,(H,41,42)/t32-/m0/s1. The van der Waals surface area contributed by atoms with E-state index in [1.807, 2.05) is 38.0 Å². The lowest BCUT2D eigenvalue weighted by molar-refractivity contribution is 0.0144. The van der Waals surface area contributed by atoms with Gasteiger partial charge in [0.05, 0.1) is 38.6 Å². The maximum atomic E-state index is 14.0. The minimum Gasteiger partial charge on any atom is -0.444 e. The summed E-state index contributed by atoms with van der Waals surface area (Å²) in [6.45, 7) is 6.65. The topological polar surface area (TPSA) is 118 Å². The van der Waals surface area contributed by atoms with E-state index in [0.29, 0.717) is 46.1 Å². The second-order valence-corrected chi connectivity index (χ2v) is 13.6. The number of rotatable bonds is 7. The molecule has 3 heterocycles. The van der Waals surface area contributed by atoms with E-state index in [1.54, 1.807) is 23.1 Å². The third-order valence-electron chi connectivity index (χ3n) is 8.18. The molecule has 2 aliphatic heterocycles. The lowest BCUT2D eigenvalue weighted by Crippen LogP contribution is -2.50. The van der Waals surface area contributed by atoms with Gasteiger partial charge >= 0.3 is 6.09 Å². The summed E-state index contributed by atoms with van der Waals surface area (Å²) >= 11 is 12.8. The first-order valence-electron chi connectivity index (χ1n) is 15.6. The predicted molar refractivity (Wildman–Crippen MR) is 186 cm³/mol. The first-order valence-corrected chi connectivity index (χ1v) is 16.4. The molecule has 2 aliphatic rings. The summed E-state index contributed by atoms with van der Waals surface area (Å²) < 4.78 is 33.4. The van der Waals surface area contributed by atoms with Crippen LogP contribution in [0.25, 0.3) is 10.9 Å². The molecule has 3 aromatic carbocycles. The van der Waals surface area contributed by atoms with E-state index in [-0.39, 0.29) is 28.5 Å². The number of halogens is 4. The van der Waals surface area contributed by atoms with Gasteiger partial charge in [-0.25, -0.2) is 13.6 Å². The smallest absolute Gasteiger partial charge is 0.410 e. The van der Waals surface area contributed by atoms with Crippen LogP contribution in [0.15, 0.2) is 72.7 Å². The zero-order valence-corrected chi connectivity index (χ0v) is 28.5. The van der Waals surface area contributed by atoms with Crippen LogP contribution in [0, 0.1) is 23.0 Å². The highest BCUT2D eigenvalue weighted by molar-refractivity contribution is 6.36. The van der Waals surface area contributed by atoms with Gasteiger partial charge in [-0.05, 0) is 81.6 Å². The van der Waals surface area contributed by atoms with Crippen LogP contribution in [0.1, 0.15) is 50.8 Å². The number of nitrogens with zero attached hydrogens (tertiary/aromatic N) is 4. The van der Waals surface area contributed by atoms with Gasteiger partial charge in [0.2, 0.25) is 0 Å². The van der Waals surface area contributed by atoms with Gasteiger partial charge in [-0.1, -0.05) is 35.3 Å². The average molecular weight is 708 g/mol. The van der Waals surface area contributed by atoms with Crippen LogP contribution in [0.3, 0.4) is 0 Å². The Hall–Kier alpha value is -4.83. The number of amides is 1. The number of ether oxygens (including phenoxy) is 1. The SMILES string of the molecule is CC(C)(C)OC(=O)N1CCC(N2C=C([C@@H](Nc3cc(Cl)c4ncc(C#N)c(Nc5ccc(F)c(Cl)c5)c4c3)c3ccc(F)cc3)NN2)CC1. The molecule has 1 aromatic heterocycles. The first-order chi connectivity index (χ1) is 23.4. The molecule has 0 spiro atoms. The average Bonchev–Trinajstić information content (AvgIpc) is 3.55. The Bertz CT molecular complexity index is 1950. The molecule has 0 saturated carbocycles. The number of hydrazine groups is 2. The van der Waals surface area contributed by atoms with Crippen molar-refractivity contribution in [2.24, 2.45) is 0 Å². The summed E-state index contributed by atoms with van der Waals surface area (Å²) in [5.74, 6) is -0.935. The van der Waals surface area contributed by atoms with Crippen molar-refractivity contribution in [3.63, 3.8) is 0 Å². The monoisotopic (exact) mass is 706 g/mol. The van der Waals surface area contributed by atoms with Gasteiger partial charge in [0, 0.05) is 48.3 Å². The Morgan fingerprint density at radius 1 is 1.06 bits per heavy atom. The van der Waals surface area contributed by atoms with Crippen molar-refractivity contribution < 1.29 is 18.3 Å². The number of nitriles is 1. The van der Waals surface area contributed by atoms with Crippen LogP contribution >= 0.6 is 23.2 Å². The van der Waals surface area contributed by atoms with Crippen molar-refractivity contribution in [1.82, 2.24) is 25.9 Å². The fourth-order valence-corrected chi connectivity index (χ4v) is 6.23. The molecule has 4 N–H and O–H groups in total. The van der Waals surface area contributed by atoms with Crippen molar-refractivity contribution in [2.75, 3.05) is 23.7 Å². The summed E-state index contributed by atoms with van der Waals surface area (Å²) in [4.78, 5) is 18.7. The van der Waals surface area contributed by atoms with Gasteiger partial charge in [-0.2, -0.15) is 5.26 Å². The van der Waals surface area contributed by atoms with E-state index in [0.717, 1.165) is 24.1 Å². The summed E-state index contributed by atoms with van der Waals surface area (Å²) in [7, 11) is 0. The zero-order chi connectivity index (χ0) is 34.9. The molecular weight excluding hydrogens is 673 g/mol. The van der Waals surface area contributed by atoms with E-state index < -0.39 is 17.5 Å². The van der Waals surface area contributed by atoms with Crippen LogP contribution < -0.4 is 21.6 Å². The summed E-state index contributed by atoms with van der Waals surface area (Å²) in [6.07, 6.45) is 4.49. The maximum Gasteiger partial charge on any atom is 0.410 e. The van der Waals surface area contributed by atoms with Crippen molar-refractivity contribution >= 4 is 57.3 Å².